The van der Waals surface area contributed by atoms with Crippen molar-refractivity contribution in [2.24, 2.45) is 0 Å². The highest BCUT2D eigenvalue weighted by atomic mass is 32.1. The lowest BCUT2D eigenvalue weighted by atomic mass is 9.98. The molecule has 0 saturated carbocycles. The Morgan fingerprint density at radius 2 is 2.05 bits per heavy atom. The normalized spacial score (nSPS) is 18.0. The van der Waals surface area contributed by atoms with Gasteiger partial charge in [0.2, 0.25) is 0 Å². The first kappa shape index (κ1) is 14.7. The van der Waals surface area contributed by atoms with Gasteiger partial charge in [-0.2, -0.15) is 0 Å². The molecule has 110 valence electrons. The third-order valence-electron chi connectivity index (χ3n) is 3.37. The molecule has 0 spiro atoms. The fourth-order valence-electron chi connectivity index (χ4n) is 2.37. The van der Waals surface area contributed by atoms with E-state index in [2.05, 4.69) is 9.59 Å². The molecule has 7 nitrogen and oxygen atoms in total. The van der Waals surface area contributed by atoms with Gasteiger partial charge in [0.15, 0.2) is 0 Å². The lowest BCUT2D eigenvalue weighted by Crippen LogP contribution is -2.63. The second-order valence-electron chi connectivity index (χ2n) is 5.65. The maximum atomic E-state index is 12.4. The summed E-state index contributed by atoms with van der Waals surface area (Å²) in [5.41, 5.74) is -0.412. The Bertz CT molecular complexity index is 500. The number of amides is 3. The van der Waals surface area contributed by atoms with Gasteiger partial charge >= 0.3 is 6.03 Å². The average molecular weight is 297 g/mol. The van der Waals surface area contributed by atoms with Crippen molar-refractivity contribution in [1.82, 2.24) is 24.3 Å². The van der Waals surface area contributed by atoms with Crippen LogP contribution in [0.4, 0.5) is 4.79 Å². The molecule has 1 aliphatic rings. The maximum absolute atomic E-state index is 12.4. The molecular formula is C12H19N5O2S. The van der Waals surface area contributed by atoms with E-state index < -0.39 is 5.54 Å². The van der Waals surface area contributed by atoms with E-state index in [1.165, 1.54) is 6.20 Å². The van der Waals surface area contributed by atoms with E-state index in [0.717, 1.165) is 11.5 Å². The second-order valence-corrected chi connectivity index (χ2v) is 6.44. The van der Waals surface area contributed by atoms with E-state index in [1.807, 2.05) is 13.8 Å². The highest BCUT2D eigenvalue weighted by molar-refractivity contribution is 7.07. The van der Waals surface area contributed by atoms with Crippen molar-refractivity contribution >= 4 is 23.5 Å². The van der Waals surface area contributed by atoms with Gasteiger partial charge in [-0.25, -0.2) is 4.79 Å². The second kappa shape index (κ2) is 5.35. The maximum Gasteiger partial charge on any atom is 0.319 e. The molecule has 1 fully saturated rings. The van der Waals surface area contributed by atoms with Crippen LogP contribution in [0.15, 0.2) is 6.20 Å². The van der Waals surface area contributed by atoms with Crippen LogP contribution in [0.2, 0.25) is 0 Å². The Morgan fingerprint density at radius 3 is 2.55 bits per heavy atom. The molecule has 0 bridgehead atoms. The number of hydrogen-bond acceptors (Lipinski definition) is 5. The molecule has 8 heteroatoms. The van der Waals surface area contributed by atoms with Crippen molar-refractivity contribution in [3.8, 4) is 0 Å². The zero-order valence-electron chi connectivity index (χ0n) is 12.2. The standard InChI is InChI=1S/C12H19N5O2S/c1-12(2)8-16(11(19)15(3)4)5-6-17(12)10(18)9-7-13-14-20-9/h7H,5-6,8H2,1-4H3. The lowest BCUT2D eigenvalue weighted by Gasteiger charge is -2.47. The molecule has 20 heavy (non-hydrogen) atoms. The number of aromatic nitrogens is 2. The summed E-state index contributed by atoms with van der Waals surface area (Å²) in [6, 6.07) is -0.0235. The van der Waals surface area contributed by atoms with Crippen LogP contribution in [0, 0.1) is 0 Å². The van der Waals surface area contributed by atoms with Crippen LogP contribution in [-0.2, 0) is 0 Å². The van der Waals surface area contributed by atoms with Gasteiger partial charge in [-0.3, -0.25) is 4.79 Å². The third kappa shape index (κ3) is 2.74. The number of carbonyl (C=O) groups is 2. The molecule has 0 aliphatic carbocycles. The van der Waals surface area contributed by atoms with Crippen molar-refractivity contribution in [2.45, 2.75) is 19.4 Å². The first-order chi connectivity index (χ1) is 9.33. The number of urea groups is 1. The van der Waals surface area contributed by atoms with Crippen LogP contribution >= 0.6 is 11.5 Å². The number of rotatable bonds is 1. The average Bonchev–Trinajstić information content (AvgIpc) is 2.89. The summed E-state index contributed by atoms with van der Waals surface area (Å²) >= 11 is 1.10. The minimum Gasteiger partial charge on any atom is -0.331 e. The Kier molecular flexibility index (Phi) is 3.94. The highest BCUT2D eigenvalue weighted by Gasteiger charge is 2.39. The zero-order chi connectivity index (χ0) is 14.9. The van der Waals surface area contributed by atoms with E-state index in [-0.39, 0.29) is 11.9 Å². The Hall–Kier alpha value is -1.70. The van der Waals surface area contributed by atoms with E-state index >= 15 is 0 Å². The predicted octanol–water partition coefficient (Wildman–Crippen LogP) is 0.756. The Labute approximate surface area is 122 Å². The van der Waals surface area contributed by atoms with Crippen molar-refractivity contribution in [3.63, 3.8) is 0 Å². The predicted molar refractivity (Wildman–Crippen MR) is 75.7 cm³/mol. The summed E-state index contributed by atoms with van der Waals surface area (Å²) in [4.78, 5) is 30.1. The van der Waals surface area contributed by atoms with Gasteiger partial charge in [0.1, 0.15) is 4.88 Å². The molecule has 0 aromatic carbocycles. The van der Waals surface area contributed by atoms with Crippen LogP contribution < -0.4 is 0 Å². The Morgan fingerprint density at radius 1 is 1.35 bits per heavy atom. The largest absolute Gasteiger partial charge is 0.331 e. The van der Waals surface area contributed by atoms with Crippen molar-refractivity contribution in [2.75, 3.05) is 33.7 Å². The summed E-state index contributed by atoms with van der Waals surface area (Å²) < 4.78 is 3.73. The fourth-order valence-corrected chi connectivity index (χ4v) is 2.84. The van der Waals surface area contributed by atoms with Crippen molar-refractivity contribution < 1.29 is 9.59 Å². The molecule has 0 radical (unpaired) electrons. The van der Waals surface area contributed by atoms with Gasteiger partial charge < -0.3 is 14.7 Å². The third-order valence-corrected chi connectivity index (χ3v) is 4.03. The van der Waals surface area contributed by atoms with Crippen LogP contribution in [0.5, 0.6) is 0 Å². The van der Waals surface area contributed by atoms with Gasteiger partial charge in [0.05, 0.1) is 11.7 Å². The van der Waals surface area contributed by atoms with Gasteiger partial charge in [0, 0.05) is 33.7 Å². The van der Waals surface area contributed by atoms with E-state index in [4.69, 9.17) is 0 Å². The Balaban J connectivity index is 2.12. The van der Waals surface area contributed by atoms with Crippen molar-refractivity contribution in [3.05, 3.63) is 11.1 Å². The molecule has 1 aliphatic heterocycles. The van der Waals surface area contributed by atoms with Crippen LogP contribution in [-0.4, -0.2) is 75.5 Å². The SMILES string of the molecule is CN(C)C(=O)N1CCN(C(=O)c2cnns2)C(C)(C)C1. The van der Waals surface area contributed by atoms with Gasteiger partial charge in [0.25, 0.3) is 5.91 Å². The van der Waals surface area contributed by atoms with E-state index in [1.54, 1.807) is 28.8 Å². The summed E-state index contributed by atoms with van der Waals surface area (Å²) in [5.74, 6) is -0.0676. The molecule has 3 amide bonds. The summed E-state index contributed by atoms with van der Waals surface area (Å²) in [5, 5.41) is 3.70. The number of hydrogen-bond donors (Lipinski definition) is 0. The number of nitrogens with zero attached hydrogens (tertiary/aromatic N) is 5. The molecule has 1 aromatic heterocycles. The minimum atomic E-state index is -0.412. The van der Waals surface area contributed by atoms with E-state index in [0.29, 0.717) is 24.5 Å². The minimum absolute atomic E-state index is 0.0235. The highest BCUT2D eigenvalue weighted by Crippen LogP contribution is 2.24. The molecular weight excluding hydrogens is 278 g/mol. The molecule has 2 rings (SSSR count). The smallest absolute Gasteiger partial charge is 0.319 e. The molecule has 0 N–H and O–H groups in total. The first-order valence-corrected chi connectivity index (χ1v) is 7.16. The summed E-state index contributed by atoms with van der Waals surface area (Å²) in [7, 11) is 3.46. The lowest BCUT2D eigenvalue weighted by molar-refractivity contribution is 0.0245. The molecule has 0 atom stereocenters. The first-order valence-electron chi connectivity index (χ1n) is 6.38. The van der Waals surface area contributed by atoms with Crippen LogP contribution in [0.3, 0.4) is 0 Å². The molecule has 1 aromatic rings. The van der Waals surface area contributed by atoms with Crippen LogP contribution in [0.1, 0.15) is 23.5 Å². The quantitative estimate of drug-likeness (QED) is 0.767. The van der Waals surface area contributed by atoms with Crippen LogP contribution in [0.25, 0.3) is 0 Å². The molecule has 1 saturated heterocycles. The summed E-state index contributed by atoms with van der Waals surface area (Å²) in [6.07, 6.45) is 1.49. The summed E-state index contributed by atoms with van der Waals surface area (Å²) in [6.45, 7) is 5.51. The number of carbonyl (C=O) groups excluding carboxylic acids is 2. The molecule has 0 unspecified atom stereocenters. The number of piperazine rings is 1. The van der Waals surface area contributed by atoms with Crippen molar-refractivity contribution in [1.29, 1.82) is 0 Å². The topological polar surface area (TPSA) is 69.6 Å². The zero-order valence-corrected chi connectivity index (χ0v) is 13.0. The van der Waals surface area contributed by atoms with E-state index in [9.17, 15) is 9.59 Å². The molecule has 2 heterocycles. The van der Waals surface area contributed by atoms with Gasteiger partial charge in [-0.1, -0.05) is 4.49 Å². The monoisotopic (exact) mass is 297 g/mol. The van der Waals surface area contributed by atoms with Gasteiger partial charge in [-0.05, 0) is 25.4 Å². The fraction of sp³-hybridized carbons (Fsp3) is 0.667. The van der Waals surface area contributed by atoms with Gasteiger partial charge in [-0.15, -0.1) is 5.10 Å².